The maximum absolute atomic E-state index is 5.45. The van der Waals surface area contributed by atoms with Crippen molar-refractivity contribution in [2.24, 2.45) is 0 Å². The number of thioether (sulfide) groups is 1. The minimum atomic E-state index is 0.308. The smallest absolute Gasteiger partial charge is 0.161 e. The fourth-order valence-electron chi connectivity index (χ4n) is 2.07. The fourth-order valence-corrected chi connectivity index (χ4v) is 2.55. The van der Waals surface area contributed by atoms with Gasteiger partial charge in [-0.2, -0.15) is 16.9 Å². The van der Waals surface area contributed by atoms with Gasteiger partial charge in [0.15, 0.2) is 5.75 Å². The number of nitrogens with one attached hydrogen (secondary N) is 1. The van der Waals surface area contributed by atoms with E-state index < -0.39 is 0 Å². The van der Waals surface area contributed by atoms with Crippen LogP contribution >= 0.6 is 11.8 Å². The van der Waals surface area contributed by atoms with Crippen LogP contribution in [0.1, 0.15) is 45.0 Å². The number of hydrogen-bond acceptors (Lipinski definition) is 4. The highest BCUT2D eigenvalue weighted by Crippen LogP contribution is 2.30. The third-order valence-corrected chi connectivity index (χ3v) is 3.54. The van der Waals surface area contributed by atoms with E-state index in [0.29, 0.717) is 12.1 Å². The van der Waals surface area contributed by atoms with Crippen molar-refractivity contribution in [3.05, 3.63) is 11.9 Å². The number of ether oxygens (including phenoxy) is 1. The van der Waals surface area contributed by atoms with Gasteiger partial charge in [-0.25, -0.2) is 0 Å². The van der Waals surface area contributed by atoms with Crippen LogP contribution in [-0.4, -0.2) is 35.4 Å². The van der Waals surface area contributed by atoms with E-state index in [2.05, 4.69) is 42.1 Å². The highest BCUT2D eigenvalue weighted by atomic mass is 32.2. The largest absolute Gasteiger partial charge is 0.493 e. The highest BCUT2D eigenvalue weighted by Gasteiger charge is 2.22. The lowest BCUT2D eigenvalue weighted by atomic mass is 10.1. The van der Waals surface area contributed by atoms with Crippen LogP contribution < -0.4 is 10.1 Å². The molecule has 0 aromatic carbocycles. The molecule has 0 bridgehead atoms. The monoisotopic (exact) mass is 271 g/mol. The Labute approximate surface area is 114 Å². The zero-order chi connectivity index (χ0) is 13.5. The van der Waals surface area contributed by atoms with Crippen LogP contribution in [0.15, 0.2) is 6.20 Å². The molecular formula is C13H25N3OS. The van der Waals surface area contributed by atoms with Crippen molar-refractivity contribution in [1.29, 1.82) is 0 Å². The summed E-state index contributed by atoms with van der Waals surface area (Å²) in [6, 6.07) is 0.654. The van der Waals surface area contributed by atoms with Crippen LogP contribution in [0.25, 0.3) is 0 Å². The molecule has 104 valence electrons. The van der Waals surface area contributed by atoms with E-state index in [1.54, 1.807) is 7.11 Å². The molecule has 1 aromatic rings. The lowest BCUT2D eigenvalue weighted by Crippen LogP contribution is -2.25. The second-order valence-corrected chi connectivity index (χ2v) is 5.51. The van der Waals surface area contributed by atoms with Gasteiger partial charge in [0.25, 0.3) is 0 Å². The van der Waals surface area contributed by atoms with Gasteiger partial charge in [-0.15, -0.1) is 0 Å². The summed E-state index contributed by atoms with van der Waals surface area (Å²) < 4.78 is 7.52. The lowest BCUT2D eigenvalue weighted by molar-refractivity contribution is 0.383. The van der Waals surface area contributed by atoms with Gasteiger partial charge in [0, 0.05) is 6.04 Å². The van der Waals surface area contributed by atoms with Crippen molar-refractivity contribution in [3.8, 4) is 5.75 Å². The summed E-state index contributed by atoms with van der Waals surface area (Å²) in [4.78, 5) is 0. The first-order chi connectivity index (χ1) is 8.65. The Morgan fingerprint density at radius 3 is 2.72 bits per heavy atom. The van der Waals surface area contributed by atoms with Gasteiger partial charge in [-0.05, 0) is 38.8 Å². The summed E-state index contributed by atoms with van der Waals surface area (Å²) in [7, 11) is 1.71. The molecule has 0 fully saturated rings. The second kappa shape index (κ2) is 7.69. The molecule has 18 heavy (non-hydrogen) atoms. The number of aromatic nitrogens is 2. The molecule has 1 N–H and O–H groups in total. The highest BCUT2D eigenvalue weighted by molar-refractivity contribution is 7.98. The van der Waals surface area contributed by atoms with Gasteiger partial charge < -0.3 is 10.1 Å². The molecule has 0 aliphatic heterocycles. The van der Waals surface area contributed by atoms with Crippen LogP contribution in [0.2, 0.25) is 0 Å². The third kappa shape index (κ3) is 3.65. The molecule has 0 saturated carbocycles. The van der Waals surface area contributed by atoms with E-state index in [1.807, 2.05) is 18.0 Å². The summed E-state index contributed by atoms with van der Waals surface area (Å²) in [5.41, 5.74) is 1.17. The molecule has 1 heterocycles. The number of hydrogen-bond donors (Lipinski definition) is 1. The Kier molecular flexibility index (Phi) is 6.57. The Balaban J connectivity index is 3.02. The topological polar surface area (TPSA) is 39.1 Å². The van der Waals surface area contributed by atoms with Gasteiger partial charge in [0.05, 0.1) is 25.0 Å². The van der Waals surface area contributed by atoms with Crippen molar-refractivity contribution in [2.45, 2.75) is 39.3 Å². The maximum atomic E-state index is 5.45. The van der Waals surface area contributed by atoms with Crippen molar-refractivity contribution < 1.29 is 4.74 Å². The predicted molar refractivity (Wildman–Crippen MR) is 78.6 cm³/mol. The summed E-state index contributed by atoms with van der Waals surface area (Å²) in [5, 5.41) is 7.98. The summed E-state index contributed by atoms with van der Waals surface area (Å²) >= 11 is 1.87. The molecule has 0 saturated heterocycles. The van der Waals surface area contributed by atoms with Crippen LogP contribution in [0.5, 0.6) is 5.75 Å². The molecule has 5 heteroatoms. The molecule has 4 nitrogen and oxygen atoms in total. The first-order valence-electron chi connectivity index (χ1n) is 6.49. The minimum absolute atomic E-state index is 0.308. The molecule has 0 amide bonds. The molecule has 0 aliphatic rings. The van der Waals surface area contributed by atoms with Gasteiger partial charge in [-0.1, -0.05) is 6.92 Å². The molecule has 0 radical (unpaired) electrons. The number of rotatable bonds is 8. The van der Waals surface area contributed by atoms with Crippen molar-refractivity contribution in [1.82, 2.24) is 15.1 Å². The molecular weight excluding hydrogens is 246 g/mol. The van der Waals surface area contributed by atoms with Gasteiger partial charge in [0.2, 0.25) is 0 Å². The first-order valence-corrected chi connectivity index (χ1v) is 7.88. The zero-order valence-corrected chi connectivity index (χ0v) is 12.9. The van der Waals surface area contributed by atoms with Gasteiger partial charge in [0.1, 0.15) is 0 Å². The lowest BCUT2D eigenvalue weighted by Gasteiger charge is -2.22. The standard InChI is InChI=1S/C13H25N3OS/c1-6-14-11(7-8-18-5)13-12(17-4)9-15-16(13)10(2)3/h9-11,14H,6-8H2,1-5H3. The molecule has 1 atom stereocenters. The van der Waals surface area contributed by atoms with Gasteiger partial charge >= 0.3 is 0 Å². The van der Waals surface area contributed by atoms with Gasteiger partial charge in [-0.3, -0.25) is 4.68 Å². The molecule has 1 aromatic heterocycles. The van der Waals surface area contributed by atoms with Crippen LogP contribution in [0.3, 0.4) is 0 Å². The average Bonchev–Trinajstić information content (AvgIpc) is 2.78. The van der Waals surface area contributed by atoms with E-state index in [1.165, 1.54) is 5.69 Å². The maximum Gasteiger partial charge on any atom is 0.161 e. The fraction of sp³-hybridized carbons (Fsp3) is 0.769. The van der Waals surface area contributed by atoms with Crippen LogP contribution in [-0.2, 0) is 0 Å². The Hall–Kier alpha value is -0.680. The zero-order valence-electron chi connectivity index (χ0n) is 12.1. The summed E-state index contributed by atoms with van der Waals surface area (Å²) in [6.45, 7) is 7.38. The SMILES string of the molecule is CCNC(CCSC)c1c(OC)cnn1C(C)C. The van der Waals surface area contributed by atoms with Crippen LogP contribution in [0, 0.1) is 0 Å². The van der Waals surface area contributed by atoms with E-state index in [0.717, 1.165) is 24.5 Å². The predicted octanol–water partition coefficient (Wildman–Crippen LogP) is 2.88. The molecule has 1 rings (SSSR count). The van der Waals surface area contributed by atoms with E-state index in [-0.39, 0.29) is 0 Å². The number of nitrogens with zero attached hydrogens (tertiary/aromatic N) is 2. The van der Waals surface area contributed by atoms with Crippen molar-refractivity contribution >= 4 is 11.8 Å². The van der Waals surface area contributed by atoms with E-state index in [9.17, 15) is 0 Å². The van der Waals surface area contributed by atoms with Crippen LogP contribution in [0.4, 0.5) is 0 Å². The summed E-state index contributed by atoms with van der Waals surface area (Å²) in [5.74, 6) is 2.01. The molecule has 1 unspecified atom stereocenters. The molecule has 0 spiro atoms. The first kappa shape index (κ1) is 15.4. The Morgan fingerprint density at radius 2 is 2.22 bits per heavy atom. The van der Waals surface area contributed by atoms with Crippen molar-refractivity contribution in [3.63, 3.8) is 0 Å². The number of methoxy groups -OCH3 is 1. The summed E-state index contributed by atoms with van der Waals surface area (Å²) in [6.07, 6.45) is 5.04. The Bertz CT molecular complexity index is 352. The molecule has 0 aliphatic carbocycles. The average molecular weight is 271 g/mol. The van der Waals surface area contributed by atoms with Crippen molar-refractivity contribution in [2.75, 3.05) is 25.7 Å². The minimum Gasteiger partial charge on any atom is -0.493 e. The third-order valence-electron chi connectivity index (χ3n) is 2.90. The second-order valence-electron chi connectivity index (χ2n) is 4.53. The Morgan fingerprint density at radius 1 is 1.50 bits per heavy atom. The normalized spacial score (nSPS) is 13.0. The van der Waals surface area contributed by atoms with E-state index in [4.69, 9.17) is 4.74 Å². The van der Waals surface area contributed by atoms with E-state index >= 15 is 0 Å². The quantitative estimate of drug-likeness (QED) is 0.789.